The van der Waals surface area contributed by atoms with Crippen molar-refractivity contribution in [3.05, 3.63) is 77.4 Å². The number of unbranched alkanes of at least 4 members (excludes halogenated alkanes) is 8. The molecule has 0 aliphatic rings. The van der Waals surface area contributed by atoms with Crippen LogP contribution in [0.5, 0.6) is 5.75 Å². The van der Waals surface area contributed by atoms with Crippen molar-refractivity contribution < 1.29 is 14.3 Å². The zero-order valence-electron chi connectivity index (χ0n) is 21.6. The predicted octanol–water partition coefficient (Wildman–Crippen LogP) is 7.74. The maximum absolute atomic E-state index is 12.7. The molecule has 0 aliphatic carbocycles. The highest BCUT2D eigenvalue weighted by Gasteiger charge is 2.13. The molecule has 0 aromatic heterocycles. The van der Waals surface area contributed by atoms with E-state index in [0.29, 0.717) is 23.3 Å². The summed E-state index contributed by atoms with van der Waals surface area (Å²) in [5.74, 6) is -0.141. The van der Waals surface area contributed by atoms with Crippen LogP contribution in [-0.4, -0.2) is 18.1 Å². The Balaban J connectivity index is 1.56. The number of carbonyl (C=O) groups is 2. The second-order valence-electron chi connectivity index (χ2n) is 9.33. The summed E-state index contributed by atoms with van der Waals surface area (Å²) in [6.45, 7) is 4.20. The van der Waals surface area contributed by atoms with E-state index in [1.165, 1.54) is 44.9 Å². The molecule has 36 heavy (non-hydrogen) atoms. The molecule has 3 aromatic carbocycles. The molecule has 0 heterocycles. The first-order chi connectivity index (χ1) is 17.6. The minimum Gasteiger partial charge on any atom is -0.422 e. The Morgan fingerprint density at radius 2 is 1.50 bits per heavy atom. The average Bonchev–Trinajstić information content (AvgIpc) is 2.89. The van der Waals surface area contributed by atoms with Gasteiger partial charge in [0.05, 0.1) is 11.8 Å². The van der Waals surface area contributed by atoms with E-state index in [2.05, 4.69) is 17.5 Å². The summed E-state index contributed by atoms with van der Waals surface area (Å²) >= 11 is 0. The number of nitrogens with zero attached hydrogens (tertiary/aromatic N) is 1. The van der Waals surface area contributed by atoms with Gasteiger partial charge in [0.25, 0.3) is 0 Å². The zero-order valence-corrected chi connectivity index (χ0v) is 21.6. The molecule has 0 bridgehead atoms. The number of fused-ring (bicyclic) bond motifs is 1. The molecule has 0 unspecified atom stereocenters. The summed E-state index contributed by atoms with van der Waals surface area (Å²) in [6, 6.07) is 18.7. The number of ether oxygens (including phenoxy) is 1. The van der Waals surface area contributed by atoms with Crippen molar-refractivity contribution in [1.29, 1.82) is 0 Å². The summed E-state index contributed by atoms with van der Waals surface area (Å²) in [7, 11) is 0. The number of carbonyl (C=O) groups excluding carboxylic acids is 2. The smallest absolute Gasteiger partial charge is 0.343 e. The van der Waals surface area contributed by atoms with E-state index < -0.39 is 5.97 Å². The van der Waals surface area contributed by atoms with Gasteiger partial charge in [0.15, 0.2) is 0 Å². The van der Waals surface area contributed by atoms with Crippen molar-refractivity contribution in [2.45, 2.75) is 78.1 Å². The van der Waals surface area contributed by atoms with Crippen molar-refractivity contribution in [2.75, 3.05) is 0 Å². The van der Waals surface area contributed by atoms with Crippen LogP contribution in [0.3, 0.4) is 0 Å². The van der Waals surface area contributed by atoms with Gasteiger partial charge in [-0.15, -0.1) is 0 Å². The molecule has 0 spiro atoms. The lowest BCUT2D eigenvalue weighted by molar-refractivity contribution is -0.121. The van der Waals surface area contributed by atoms with E-state index in [0.717, 1.165) is 29.2 Å². The fraction of sp³-hybridized carbons (Fsp3) is 0.387. The fourth-order valence-electron chi connectivity index (χ4n) is 4.17. The van der Waals surface area contributed by atoms with Crippen molar-refractivity contribution in [3.63, 3.8) is 0 Å². The molecule has 0 radical (unpaired) electrons. The molecule has 1 amide bonds. The molecule has 5 nitrogen and oxygen atoms in total. The third-order valence-electron chi connectivity index (χ3n) is 6.31. The highest BCUT2D eigenvalue weighted by atomic mass is 16.5. The minimum atomic E-state index is -0.436. The average molecular weight is 487 g/mol. The largest absolute Gasteiger partial charge is 0.422 e. The van der Waals surface area contributed by atoms with Crippen LogP contribution in [0.2, 0.25) is 0 Å². The highest BCUT2D eigenvalue weighted by Crippen LogP contribution is 2.27. The first kappa shape index (κ1) is 27.1. The van der Waals surface area contributed by atoms with Crippen molar-refractivity contribution >= 4 is 28.9 Å². The lowest BCUT2D eigenvalue weighted by Crippen LogP contribution is -2.17. The third-order valence-corrected chi connectivity index (χ3v) is 6.31. The minimum absolute atomic E-state index is 0.104. The van der Waals surface area contributed by atoms with Crippen LogP contribution in [0.4, 0.5) is 0 Å². The first-order valence-electron chi connectivity index (χ1n) is 13.2. The topological polar surface area (TPSA) is 67.8 Å². The van der Waals surface area contributed by atoms with Crippen molar-refractivity contribution in [3.8, 4) is 5.75 Å². The van der Waals surface area contributed by atoms with Gasteiger partial charge in [-0.2, -0.15) is 5.10 Å². The monoisotopic (exact) mass is 486 g/mol. The molecule has 5 heteroatoms. The maximum atomic E-state index is 12.7. The number of esters is 1. The van der Waals surface area contributed by atoms with E-state index >= 15 is 0 Å². The van der Waals surface area contributed by atoms with E-state index in [1.54, 1.807) is 24.4 Å². The fourth-order valence-corrected chi connectivity index (χ4v) is 4.17. The molecule has 0 atom stereocenters. The molecular weight excluding hydrogens is 448 g/mol. The lowest BCUT2D eigenvalue weighted by atomic mass is 10.0. The van der Waals surface area contributed by atoms with Crippen LogP contribution in [0.15, 0.2) is 65.8 Å². The van der Waals surface area contributed by atoms with Crippen LogP contribution < -0.4 is 10.2 Å². The summed E-state index contributed by atoms with van der Waals surface area (Å²) in [4.78, 5) is 25.0. The van der Waals surface area contributed by atoms with Crippen LogP contribution in [0, 0.1) is 6.92 Å². The van der Waals surface area contributed by atoms with Crippen LogP contribution >= 0.6 is 0 Å². The normalized spacial score (nSPS) is 11.2. The molecular formula is C31H38N2O3. The summed E-state index contributed by atoms with van der Waals surface area (Å²) in [5.41, 5.74) is 4.83. The molecule has 0 aliphatic heterocycles. The molecule has 3 aromatic rings. The molecule has 3 rings (SSSR count). The highest BCUT2D eigenvalue weighted by molar-refractivity contribution is 6.04. The number of hydrogen-bond acceptors (Lipinski definition) is 4. The Morgan fingerprint density at radius 1 is 0.833 bits per heavy atom. The van der Waals surface area contributed by atoms with Crippen molar-refractivity contribution in [2.24, 2.45) is 5.10 Å². The lowest BCUT2D eigenvalue weighted by Gasteiger charge is -2.11. The second kappa shape index (κ2) is 14.8. The van der Waals surface area contributed by atoms with E-state index in [9.17, 15) is 9.59 Å². The van der Waals surface area contributed by atoms with Gasteiger partial charge in [0, 0.05) is 12.0 Å². The van der Waals surface area contributed by atoms with Gasteiger partial charge in [0.1, 0.15) is 5.75 Å². The van der Waals surface area contributed by atoms with E-state index in [4.69, 9.17) is 4.74 Å². The number of nitrogens with one attached hydrogen (secondary N) is 1. The molecule has 190 valence electrons. The Labute approximate surface area is 214 Å². The van der Waals surface area contributed by atoms with Crippen molar-refractivity contribution in [1.82, 2.24) is 5.43 Å². The number of hydrogen-bond donors (Lipinski definition) is 1. The van der Waals surface area contributed by atoms with Crippen LogP contribution in [0.1, 0.15) is 92.6 Å². The van der Waals surface area contributed by atoms with Crippen LogP contribution in [0.25, 0.3) is 10.8 Å². The number of rotatable bonds is 14. The number of aryl methyl sites for hydroxylation is 1. The zero-order chi connectivity index (χ0) is 25.6. The van der Waals surface area contributed by atoms with Gasteiger partial charge in [-0.05, 0) is 42.3 Å². The van der Waals surface area contributed by atoms with E-state index in [-0.39, 0.29) is 5.91 Å². The maximum Gasteiger partial charge on any atom is 0.343 e. The Morgan fingerprint density at radius 3 is 2.22 bits per heavy atom. The number of benzene rings is 3. The number of hydrazone groups is 1. The Kier molecular flexibility index (Phi) is 11.2. The van der Waals surface area contributed by atoms with E-state index in [1.807, 2.05) is 49.4 Å². The summed E-state index contributed by atoms with van der Waals surface area (Å²) < 4.78 is 5.73. The van der Waals surface area contributed by atoms with Gasteiger partial charge < -0.3 is 4.74 Å². The molecule has 0 saturated carbocycles. The number of amides is 1. The Bertz CT molecular complexity index is 1150. The van der Waals surface area contributed by atoms with Gasteiger partial charge in [-0.3, -0.25) is 4.79 Å². The van der Waals surface area contributed by atoms with Gasteiger partial charge >= 0.3 is 5.97 Å². The Hall–Kier alpha value is -3.47. The SMILES string of the molecule is CCCCCCCCCCCC(=O)N/N=C\c1c(OC(=O)c2ccc(C)cc2)ccc2ccccc12. The van der Waals surface area contributed by atoms with Gasteiger partial charge in [0.2, 0.25) is 5.91 Å². The molecule has 0 fully saturated rings. The quantitative estimate of drug-likeness (QED) is 0.0833. The summed E-state index contributed by atoms with van der Waals surface area (Å²) in [6.07, 6.45) is 12.9. The summed E-state index contributed by atoms with van der Waals surface area (Å²) in [5, 5.41) is 6.07. The third kappa shape index (κ3) is 8.63. The standard InChI is InChI=1S/C31H38N2O3/c1-3-4-5-6-7-8-9-10-11-16-30(34)33-32-23-28-27-15-13-12-14-25(27)21-22-29(28)36-31(35)26-19-17-24(2)18-20-26/h12-15,17-23H,3-11,16H2,1-2H3,(H,33,34)/b32-23-. The van der Waals surface area contributed by atoms with Gasteiger partial charge in [-0.25, -0.2) is 10.2 Å². The van der Waals surface area contributed by atoms with Gasteiger partial charge in [-0.1, -0.05) is 106 Å². The second-order valence-corrected chi connectivity index (χ2v) is 9.33. The predicted molar refractivity (Wildman–Crippen MR) is 148 cm³/mol. The molecule has 0 saturated heterocycles. The first-order valence-corrected chi connectivity index (χ1v) is 13.2. The van der Waals surface area contributed by atoms with Crippen LogP contribution in [-0.2, 0) is 4.79 Å². The molecule has 1 N–H and O–H groups in total.